The summed E-state index contributed by atoms with van der Waals surface area (Å²) in [4.78, 5) is 0. The first-order valence-corrected chi connectivity index (χ1v) is 1.50. The first-order chi connectivity index (χ1) is 1.00. The van der Waals surface area contributed by atoms with E-state index in [9.17, 15) is 0 Å². The van der Waals surface area contributed by atoms with Gasteiger partial charge in [-0.05, 0) is 0 Å². The van der Waals surface area contributed by atoms with Crippen LogP contribution in [-0.4, -0.2) is 82.9 Å². The van der Waals surface area contributed by atoms with Crippen LogP contribution >= 0.6 is 0 Å². The molecule has 0 aliphatic rings. The van der Waals surface area contributed by atoms with Gasteiger partial charge in [-0.1, -0.05) is 0 Å². The summed E-state index contributed by atoms with van der Waals surface area (Å²) in [5, 5.41) is 0. The molecule has 0 atom stereocenters. The topological polar surface area (TPSA) is 80.1 Å². The van der Waals surface area contributed by atoms with Crippen molar-refractivity contribution >= 4 is 71.9 Å². The van der Waals surface area contributed by atoms with Gasteiger partial charge in [0.1, 0.15) is 0 Å². The Morgan fingerprint density at radius 3 is 1.17 bits per heavy atom. The first-order valence-electron chi connectivity index (χ1n) is 0.289. The number of hydrogen-bond acceptors (Lipinski definition) is 1. The van der Waals surface area contributed by atoms with E-state index in [1.165, 1.54) is 0 Å². The van der Waals surface area contributed by atoms with Crippen LogP contribution in [-0.2, 0) is 21.8 Å². The molecule has 32 valence electrons. The second-order valence-corrected chi connectivity index (χ2v) is 0. The Kier molecular flexibility index (Phi) is 300. The SMILES string of the molecule is O.O.[Ba+2].[H-].[H-].[H-].[H-].[Mg+2].[O]=[Zn]. The summed E-state index contributed by atoms with van der Waals surface area (Å²) in [6.45, 7) is 0. The van der Waals surface area contributed by atoms with E-state index in [1.807, 2.05) is 0 Å². The maximum absolute atomic E-state index is 8.38. The third kappa shape index (κ3) is 30.0. The molecular weight excluding hydrogens is 275 g/mol. The fraction of sp³-hybridized carbons (Fsp3) is 0. The summed E-state index contributed by atoms with van der Waals surface area (Å²) < 4.78 is 8.38. The van der Waals surface area contributed by atoms with Crippen molar-refractivity contribution in [3.05, 3.63) is 0 Å². The van der Waals surface area contributed by atoms with E-state index in [-0.39, 0.29) is 107 Å². The fourth-order valence-electron chi connectivity index (χ4n) is 0. The predicted octanol–water partition coefficient (Wildman–Crippen LogP) is -2.08. The van der Waals surface area contributed by atoms with Crippen LogP contribution in [0.3, 0.4) is 0 Å². The van der Waals surface area contributed by atoms with Crippen LogP contribution in [0.25, 0.3) is 0 Å². The van der Waals surface area contributed by atoms with Gasteiger partial charge in [-0.15, -0.1) is 0 Å². The number of hydrogen-bond donors (Lipinski definition) is 0. The molecule has 0 amide bonds. The molecule has 0 aliphatic carbocycles. The first kappa shape index (κ1) is 37.8. The van der Waals surface area contributed by atoms with Gasteiger partial charge in [-0.25, -0.2) is 0 Å². The van der Waals surface area contributed by atoms with Gasteiger partial charge >= 0.3 is 93.8 Å². The van der Waals surface area contributed by atoms with Crippen LogP contribution in [0.2, 0.25) is 0 Å². The molecule has 0 saturated carbocycles. The van der Waals surface area contributed by atoms with E-state index in [2.05, 4.69) is 0 Å². The van der Waals surface area contributed by atoms with Gasteiger partial charge in [0.05, 0.1) is 0 Å². The molecule has 6 heteroatoms. The molecule has 0 aromatic heterocycles. The van der Waals surface area contributed by atoms with Crippen LogP contribution in [0.5, 0.6) is 0 Å². The van der Waals surface area contributed by atoms with Crippen molar-refractivity contribution in [3.8, 4) is 0 Å². The van der Waals surface area contributed by atoms with Crippen LogP contribution in [0.4, 0.5) is 0 Å². The molecule has 0 bridgehead atoms. The second kappa shape index (κ2) is 47.7. The molecule has 0 unspecified atom stereocenters. The zero-order valence-corrected chi connectivity index (χ0v) is 12.4. The van der Waals surface area contributed by atoms with Crippen molar-refractivity contribution in [3.63, 3.8) is 0 Å². The molecular formula is H8BaMgO3Zn. The van der Waals surface area contributed by atoms with Gasteiger partial charge in [0.15, 0.2) is 0 Å². The molecule has 0 heterocycles. The summed E-state index contributed by atoms with van der Waals surface area (Å²) >= 11 is 0.125. The molecule has 6 heavy (non-hydrogen) atoms. The van der Waals surface area contributed by atoms with Crippen LogP contribution < -0.4 is 0 Å². The molecule has 0 aliphatic heterocycles. The molecule has 3 nitrogen and oxygen atoms in total. The molecule has 0 spiro atoms. The van der Waals surface area contributed by atoms with E-state index in [0.29, 0.717) is 0 Å². The second-order valence-electron chi connectivity index (χ2n) is 0. The average Bonchev–Trinajstić information content (AvgIpc) is 1.00. The normalized spacial score (nSPS) is 1.00. The molecule has 0 saturated heterocycles. The Hall–Kier alpha value is 2.68. The molecule has 0 radical (unpaired) electrons. The molecule has 0 rings (SSSR count). The van der Waals surface area contributed by atoms with Crippen molar-refractivity contribution in [2.75, 3.05) is 0 Å². The van der Waals surface area contributed by atoms with Gasteiger partial charge in [-0.2, -0.15) is 0 Å². The van der Waals surface area contributed by atoms with Crippen molar-refractivity contribution in [1.82, 2.24) is 0 Å². The molecule has 0 aromatic rings. The van der Waals surface area contributed by atoms with E-state index >= 15 is 0 Å². The Morgan fingerprint density at radius 2 is 1.17 bits per heavy atom. The minimum atomic E-state index is 0. The summed E-state index contributed by atoms with van der Waals surface area (Å²) in [5.74, 6) is 0. The third-order valence-corrected chi connectivity index (χ3v) is 0. The van der Waals surface area contributed by atoms with Gasteiger partial charge < -0.3 is 16.7 Å². The van der Waals surface area contributed by atoms with Gasteiger partial charge in [-0.3, -0.25) is 0 Å². The van der Waals surface area contributed by atoms with Crippen molar-refractivity contribution < 1.29 is 38.5 Å². The van der Waals surface area contributed by atoms with Gasteiger partial charge in [0.25, 0.3) is 0 Å². The van der Waals surface area contributed by atoms with E-state index in [1.54, 1.807) is 0 Å². The zero-order chi connectivity index (χ0) is 2.00. The number of rotatable bonds is 0. The zero-order valence-electron chi connectivity index (χ0n) is 7.53. The Bertz CT molecular complexity index is 20.5. The van der Waals surface area contributed by atoms with Crippen molar-refractivity contribution in [2.24, 2.45) is 0 Å². The minimum absolute atomic E-state index is 0. The van der Waals surface area contributed by atoms with Crippen LogP contribution in [0.1, 0.15) is 5.71 Å². The van der Waals surface area contributed by atoms with Crippen LogP contribution in [0.15, 0.2) is 0 Å². The fourth-order valence-corrected chi connectivity index (χ4v) is 0. The van der Waals surface area contributed by atoms with Gasteiger partial charge in [0, 0.05) is 0 Å². The van der Waals surface area contributed by atoms with Gasteiger partial charge in [0.2, 0.25) is 0 Å². The van der Waals surface area contributed by atoms with E-state index in [4.69, 9.17) is 3.57 Å². The van der Waals surface area contributed by atoms with Crippen LogP contribution in [0, 0.1) is 0 Å². The molecule has 0 aromatic carbocycles. The molecule has 0 fully saturated rings. The Balaban J connectivity index is -0.000000000179. The summed E-state index contributed by atoms with van der Waals surface area (Å²) in [7, 11) is 0. The maximum atomic E-state index is 8.38. The summed E-state index contributed by atoms with van der Waals surface area (Å²) in [6, 6.07) is 0. The van der Waals surface area contributed by atoms with Crippen molar-refractivity contribution in [1.29, 1.82) is 0 Å². The average molecular weight is 283 g/mol. The standard InChI is InChI=1S/Ba.Mg.2H2O.O.Zn.4H/h;;2*1H2;;;;;;/q2*+2;;;;;4*-1. The molecule has 4 N–H and O–H groups in total. The predicted molar refractivity (Wildman–Crippen MR) is 23.9 cm³/mol. The van der Waals surface area contributed by atoms with E-state index < -0.39 is 0 Å². The van der Waals surface area contributed by atoms with E-state index in [0.717, 1.165) is 0 Å². The Morgan fingerprint density at radius 1 is 1.17 bits per heavy atom. The summed E-state index contributed by atoms with van der Waals surface area (Å²) in [6.07, 6.45) is 0. The quantitative estimate of drug-likeness (QED) is 0.470. The third-order valence-electron chi connectivity index (χ3n) is 0. The monoisotopic (exact) mass is 282 g/mol. The van der Waals surface area contributed by atoms with Crippen molar-refractivity contribution in [2.45, 2.75) is 0 Å². The summed E-state index contributed by atoms with van der Waals surface area (Å²) in [5.41, 5.74) is 0. The Labute approximate surface area is 108 Å².